The van der Waals surface area contributed by atoms with Gasteiger partial charge >= 0.3 is 0 Å². The number of aryl methyl sites for hydroxylation is 1. The van der Waals surface area contributed by atoms with E-state index in [-0.39, 0.29) is 0 Å². The van der Waals surface area contributed by atoms with Gasteiger partial charge in [-0.05, 0) is 67.9 Å². The van der Waals surface area contributed by atoms with E-state index < -0.39 is 0 Å². The Morgan fingerprint density at radius 2 is 2.11 bits per heavy atom. The predicted octanol–water partition coefficient (Wildman–Crippen LogP) is 5.60. The van der Waals surface area contributed by atoms with Gasteiger partial charge in [0.15, 0.2) is 0 Å². The molecule has 2 aromatic heterocycles. The largest absolute Gasteiger partial charge is 0.305 e. The molecule has 0 aliphatic heterocycles. The van der Waals surface area contributed by atoms with Gasteiger partial charge in [0.1, 0.15) is 0 Å². The van der Waals surface area contributed by atoms with Crippen molar-refractivity contribution in [3.8, 4) is 0 Å². The van der Waals surface area contributed by atoms with Crippen LogP contribution in [0, 0.1) is 0 Å². The normalized spacial score (nSPS) is 12.9. The Hall–Kier alpha value is 0.320. The first kappa shape index (κ1) is 14.7. The first-order chi connectivity index (χ1) is 8.67. The molecule has 1 nitrogen and oxygen atoms in total. The van der Waals surface area contributed by atoms with Gasteiger partial charge in [0.05, 0.1) is 9.83 Å². The molecule has 1 atom stereocenters. The van der Waals surface area contributed by atoms with Gasteiger partial charge in [0, 0.05) is 14.2 Å². The van der Waals surface area contributed by atoms with Crippen molar-refractivity contribution in [1.29, 1.82) is 0 Å². The lowest BCUT2D eigenvalue weighted by atomic mass is 10.1. The van der Waals surface area contributed by atoms with Crippen LogP contribution in [-0.4, -0.2) is 6.54 Å². The van der Waals surface area contributed by atoms with Crippen molar-refractivity contribution in [2.24, 2.45) is 0 Å². The number of hydrogen-bond acceptors (Lipinski definition) is 3. The molecular weight excluding hydrogens is 394 g/mol. The topological polar surface area (TPSA) is 12.0 Å². The maximum absolute atomic E-state index is 3.60. The summed E-state index contributed by atoms with van der Waals surface area (Å²) in [6.07, 6.45) is 1.09. The van der Waals surface area contributed by atoms with Crippen LogP contribution in [0.5, 0.6) is 0 Å². The Morgan fingerprint density at radius 3 is 2.67 bits per heavy atom. The first-order valence-corrected chi connectivity index (χ1v) is 9.19. The fraction of sp³-hybridized carbons (Fsp3) is 0.385. The Bertz CT molecular complexity index is 499. The van der Waals surface area contributed by atoms with Gasteiger partial charge in [-0.3, -0.25) is 0 Å². The number of halogens is 2. The zero-order valence-corrected chi connectivity index (χ0v) is 15.1. The number of rotatable bonds is 5. The number of thiophene rings is 2. The van der Waals surface area contributed by atoms with Crippen molar-refractivity contribution in [3.63, 3.8) is 0 Å². The Labute approximate surface area is 133 Å². The minimum Gasteiger partial charge on any atom is -0.305 e. The van der Waals surface area contributed by atoms with Crippen molar-refractivity contribution < 1.29 is 0 Å². The third kappa shape index (κ3) is 3.07. The van der Waals surface area contributed by atoms with Crippen LogP contribution in [0.4, 0.5) is 0 Å². The zero-order valence-electron chi connectivity index (χ0n) is 10.3. The molecule has 98 valence electrons. The molecule has 0 spiro atoms. The van der Waals surface area contributed by atoms with Gasteiger partial charge in [-0.15, -0.1) is 22.7 Å². The smallest absolute Gasteiger partial charge is 0.0843 e. The molecular formula is C13H15Br2NS2. The van der Waals surface area contributed by atoms with Gasteiger partial charge < -0.3 is 5.32 Å². The summed E-state index contributed by atoms with van der Waals surface area (Å²) in [5.74, 6) is 0. The highest BCUT2D eigenvalue weighted by Crippen LogP contribution is 2.39. The lowest BCUT2D eigenvalue weighted by molar-refractivity contribution is 0.644. The van der Waals surface area contributed by atoms with Gasteiger partial charge in [-0.1, -0.05) is 13.8 Å². The van der Waals surface area contributed by atoms with Crippen molar-refractivity contribution in [3.05, 3.63) is 41.1 Å². The fourth-order valence-corrected chi connectivity index (χ4v) is 5.26. The van der Waals surface area contributed by atoms with Gasteiger partial charge in [-0.25, -0.2) is 0 Å². The lowest BCUT2D eigenvalue weighted by Crippen LogP contribution is -2.21. The molecule has 5 heteroatoms. The molecule has 0 saturated carbocycles. The summed E-state index contributed by atoms with van der Waals surface area (Å²) >= 11 is 10.8. The third-order valence-electron chi connectivity index (χ3n) is 2.78. The molecule has 1 unspecified atom stereocenters. The molecule has 2 aromatic rings. The predicted molar refractivity (Wildman–Crippen MR) is 88.9 cm³/mol. The molecule has 0 bridgehead atoms. The lowest BCUT2D eigenvalue weighted by Gasteiger charge is -2.16. The van der Waals surface area contributed by atoms with E-state index in [1.165, 1.54) is 15.3 Å². The average Bonchev–Trinajstić information content (AvgIpc) is 2.94. The van der Waals surface area contributed by atoms with E-state index in [0.717, 1.165) is 21.2 Å². The van der Waals surface area contributed by atoms with Crippen LogP contribution < -0.4 is 5.32 Å². The summed E-state index contributed by atoms with van der Waals surface area (Å²) in [5.41, 5.74) is 1.45. The standard InChI is InChI=1S/C13H15Br2NS2/c1-3-8-5-6-17-12(8)11(16-4-2)10-7-9(14)13(15)18-10/h5-7,11,16H,3-4H2,1-2H3. The highest BCUT2D eigenvalue weighted by Gasteiger charge is 2.20. The Morgan fingerprint density at radius 1 is 1.33 bits per heavy atom. The van der Waals surface area contributed by atoms with Crippen molar-refractivity contribution in [1.82, 2.24) is 5.32 Å². The molecule has 1 N–H and O–H groups in total. The van der Waals surface area contributed by atoms with Gasteiger partial charge in [-0.2, -0.15) is 0 Å². The maximum Gasteiger partial charge on any atom is 0.0843 e. The van der Waals surface area contributed by atoms with Crippen molar-refractivity contribution in [2.45, 2.75) is 26.3 Å². The van der Waals surface area contributed by atoms with Crippen LogP contribution >= 0.6 is 54.5 Å². The van der Waals surface area contributed by atoms with E-state index in [9.17, 15) is 0 Å². The van der Waals surface area contributed by atoms with E-state index in [0.29, 0.717) is 6.04 Å². The van der Waals surface area contributed by atoms with Crippen LogP contribution in [0.3, 0.4) is 0 Å². The second-order valence-electron chi connectivity index (χ2n) is 3.92. The minimum absolute atomic E-state index is 0.317. The van der Waals surface area contributed by atoms with Crippen LogP contribution in [0.15, 0.2) is 25.8 Å². The summed E-state index contributed by atoms with van der Waals surface area (Å²) < 4.78 is 2.30. The summed E-state index contributed by atoms with van der Waals surface area (Å²) in [4.78, 5) is 2.80. The van der Waals surface area contributed by atoms with Gasteiger partial charge in [0.2, 0.25) is 0 Å². The van der Waals surface area contributed by atoms with Crippen LogP contribution in [0.1, 0.15) is 35.2 Å². The molecule has 0 aromatic carbocycles. The highest BCUT2D eigenvalue weighted by atomic mass is 79.9. The second kappa shape index (κ2) is 6.66. The second-order valence-corrected chi connectivity index (χ2v) is 8.13. The van der Waals surface area contributed by atoms with Crippen LogP contribution in [0.2, 0.25) is 0 Å². The Balaban J connectivity index is 2.39. The molecule has 2 heterocycles. The summed E-state index contributed by atoms with van der Waals surface area (Å²) in [5, 5.41) is 5.79. The van der Waals surface area contributed by atoms with Crippen molar-refractivity contribution in [2.75, 3.05) is 6.54 Å². The summed E-state index contributed by atoms with van der Waals surface area (Å²) in [7, 11) is 0. The van der Waals surface area contributed by atoms with Crippen LogP contribution in [-0.2, 0) is 6.42 Å². The number of hydrogen-bond donors (Lipinski definition) is 1. The first-order valence-electron chi connectivity index (χ1n) is 5.91. The molecule has 0 radical (unpaired) electrons. The van der Waals surface area contributed by atoms with E-state index in [1.807, 2.05) is 11.3 Å². The van der Waals surface area contributed by atoms with E-state index >= 15 is 0 Å². The summed E-state index contributed by atoms with van der Waals surface area (Å²) in [6.45, 7) is 5.34. The zero-order chi connectivity index (χ0) is 13.1. The molecule has 0 aliphatic carbocycles. The highest BCUT2D eigenvalue weighted by molar-refractivity contribution is 9.13. The van der Waals surface area contributed by atoms with E-state index in [4.69, 9.17) is 0 Å². The molecule has 0 fully saturated rings. The maximum atomic E-state index is 3.60. The SMILES string of the molecule is CCNC(c1cc(Br)c(Br)s1)c1sccc1CC. The van der Waals surface area contributed by atoms with E-state index in [2.05, 4.69) is 68.5 Å². The molecule has 0 amide bonds. The summed E-state index contributed by atoms with van der Waals surface area (Å²) in [6, 6.07) is 4.76. The third-order valence-corrected chi connectivity index (χ3v) is 7.13. The van der Waals surface area contributed by atoms with E-state index in [1.54, 1.807) is 11.3 Å². The molecule has 2 rings (SSSR count). The molecule has 0 aliphatic rings. The monoisotopic (exact) mass is 407 g/mol. The Kier molecular flexibility index (Phi) is 5.45. The quantitative estimate of drug-likeness (QED) is 0.679. The van der Waals surface area contributed by atoms with Crippen LogP contribution in [0.25, 0.3) is 0 Å². The molecule has 18 heavy (non-hydrogen) atoms. The average molecular weight is 409 g/mol. The minimum atomic E-state index is 0.317. The van der Waals surface area contributed by atoms with Crippen molar-refractivity contribution >= 4 is 54.5 Å². The number of nitrogens with one attached hydrogen (secondary N) is 1. The molecule has 0 saturated heterocycles. The van der Waals surface area contributed by atoms with Gasteiger partial charge in [0.25, 0.3) is 0 Å². The fourth-order valence-electron chi connectivity index (χ4n) is 1.92.